The number of unbranched alkanes of at least 4 members (excludes halogenated alkanes) is 1. The molecular weight excluding hydrogens is 254 g/mol. The summed E-state index contributed by atoms with van der Waals surface area (Å²) in [5.41, 5.74) is 1.39. The molecule has 0 aromatic heterocycles. The highest BCUT2D eigenvalue weighted by Gasteiger charge is 2.26. The van der Waals surface area contributed by atoms with Crippen molar-refractivity contribution < 1.29 is 14.3 Å². The normalized spacial score (nSPS) is 19.8. The van der Waals surface area contributed by atoms with Gasteiger partial charge in [-0.3, -0.25) is 4.90 Å². The van der Waals surface area contributed by atoms with E-state index in [-0.39, 0.29) is 5.97 Å². The average molecular weight is 277 g/mol. The molecule has 4 nitrogen and oxygen atoms in total. The molecule has 1 heterocycles. The van der Waals surface area contributed by atoms with Gasteiger partial charge >= 0.3 is 5.97 Å². The molecule has 0 N–H and O–H groups in total. The summed E-state index contributed by atoms with van der Waals surface area (Å²) in [7, 11) is 1.41. The number of benzene rings is 1. The Bertz CT molecular complexity index is 407. The van der Waals surface area contributed by atoms with E-state index < -0.39 is 6.10 Å². The number of hydrogen-bond donors (Lipinski definition) is 0. The summed E-state index contributed by atoms with van der Waals surface area (Å²) in [6.45, 7) is 3.18. The van der Waals surface area contributed by atoms with Crippen molar-refractivity contribution in [1.29, 1.82) is 0 Å². The van der Waals surface area contributed by atoms with E-state index in [4.69, 9.17) is 9.47 Å². The monoisotopic (exact) mass is 277 g/mol. The molecule has 0 radical (unpaired) electrons. The molecule has 4 heteroatoms. The number of hydrogen-bond acceptors (Lipinski definition) is 4. The van der Waals surface area contributed by atoms with Crippen molar-refractivity contribution in [1.82, 2.24) is 4.90 Å². The first-order valence-electron chi connectivity index (χ1n) is 7.25. The molecule has 1 aromatic rings. The van der Waals surface area contributed by atoms with Crippen molar-refractivity contribution in [2.24, 2.45) is 0 Å². The second-order valence-electron chi connectivity index (χ2n) is 5.13. The molecular formula is C16H23NO3. The summed E-state index contributed by atoms with van der Waals surface area (Å²) in [5, 5.41) is 0. The Hall–Kier alpha value is -1.39. The van der Waals surface area contributed by atoms with E-state index in [1.54, 1.807) is 0 Å². The number of carbonyl (C=O) groups is 1. The number of rotatable bonds is 6. The predicted octanol–water partition coefficient (Wildman–Crippen LogP) is 1.88. The Morgan fingerprint density at radius 3 is 2.90 bits per heavy atom. The van der Waals surface area contributed by atoms with Crippen molar-refractivity contribution in [3.8, 4) is 0 Å². The molecule has 1 atom stereocenters. The zero-order valence-corrected chi connectivity index (χ0v) is 12.1. The molecule has 0 bridgehead atoms. The Morgan fingerprint density at radius 1 is 1.35 bits per heavy atom. The van der Waals surface area contributed by atoms with Crippen molar-refractivity contribution in [2.75, 3.05) is 33.4 Å². The quantitative estimate of drug-likeness (QED) is 0.588. The first-order chi connectivity index (χ1) is 9.79. The smallest absolute Gasteiger partial charge is 0.336 e. The van der Waals surface area contributed by atoms with Gasteiger partial charge in [0.25, 0.3) is 0 Å². The lowest BCUT2D eigenvalue weighted by Gasteiger charge is -2.31. The van der Waals surface area contributed by atoms with Crippen LogP contribution in [0.3, 0.4) is 0 Å². The van der Waals surface area contributed by atoms with E-state index >= 15 is 0 Å². The first-order valence-corrected chi connectivity index (χ1v) is 7.25. The van der Waals surface area contributed by atoms with Gasteiger partial charge in [0.1, 0.15) is 0 Å². The lowest BCUT2D eigenvalue weighted by molar-refractivity contribution is -0.159. The summed E-state index contributed by atoms with van der Waals surface area (Å²) in [4.78, 5) is 13.7. The van der Waals surface area contributed by atoms with Crippen LogP contribution in [0.4, 0.5) is 0 Å². The third kappa shape index (κ3) is 4.62. The Balaban J connectivity index is 1.65. The van der Waals surface area contributed by atoms with E-state index in [2.05, 4.69) is 29.2 Å². The van der Waals surface area contributed by atoms with Gasteiger partial charge in [-0.1, -0.05) is 30.3 Å². The van der Waals surface area contributed by atoms with Gasteiger partial charge < -0.3 is 9.47 Å². The third-order valence-corrected chi connectivity index (χ3v) is 3.65. The van der Waals surface area contributed by atoms with Gasteiger partial charge in [0.2, 0.25) is 0 Å². The number of carbonyl (C=O) groups excluding carboxylic acids is 1. The topological polar surface area (TPSA) is 38.8 Å². The summed E-state index contributed by atoms with van der Waals surface area (Å²) in [6.07, 6.45) is 3.02. The number of methoxy groups -OCH3 is 1. The molecule has 0 amide bonds. The first kappa shape index (κ1) is 15.0. The van der Waals surface area contributed by atoms with Crippen LogP contribution in [0.5, 0.6) is 0 Å². The van der Waals surface area contributed by atoms with Crippen molar-refractivity contribution in [3.05, 3.63) is 35.9 Å². The second kappa shape index (κ2) is 8.02. The summed E-state index contributed by atoms with van der Waals surface area (Å²) < 4.78 is 10.2. The zero-order chi connectivity index (χ0) is 14.2. The summed E-state index contributed by atoms with van der Waals surface area (Å²) in [5.74, 6) is -0.265. The van der Waals surface area contributed by atoms with Crippen LogP contribution in [0.25, 0.3) is 0 Å². The standard InChI is InChI=1S/C16H23NO3/c1-19-16(18)15-13-17(11-12-20-15)10-6-5-9-14-7-3-2-4-8-14/h2-4,7-8,15H,5-6,9-13H2,1H3. The summed E-state index contributed by atoms with van der Waals surface area (Å²) in [6, 6.07) is 10.5. The SMILES string of the molecule is COC(=O)C1CN(CCCCc2ccccc2)CCO1. The number of aryl methyl sites for hydroxylation is 1. The maximum absolute atomic E-state index is 11.5. The molecule has 0 saturated carbocycles. The highest BCUT2D eigenvalue weighted by molar-refractivity contribution is 5.74. The maximum atomic E-state index is 11.5. The van der Waals surface area contributed by atoms with Crippen LogP contribution in [0.2, 0.25) is 0 Å². The van der Waals surface area contributed by atoms with Crippen LogP contribution in [-0.2, 0) is 20.7 Å². The van der Waals surface area contributed by atoms with Crippen molar-refractivity contribution in [2.45, 2.75) is 25.4 Å². The van der Waals surface area contributed by atoms with Crippen LogP contribution in [-0.4, -0.2) is 50.3 Å². The fourth-order valence-electron chi connectivity index (χ4n) is 2.49. The van der Waals surface area contributed by atoms with Crippen LogP contribution in [0.1, 0.15) is 18.4 Å². The van der Waals surface area contributed by atoms with Gasteiger partial charge in [0, 0.05) is 13.1 Å². The Labute approximate surface area is 120 Å². The van der Waals surface area contributed by atoms with Gasteiger partial charge in [-0.2, -0.15) is 0 Å². The number of nitrogens with zero attached hydrogens (tertiary/aromatic N) is 1. The largest absolute Gasteiger partial charge is 0.467 e. The third-order valence-electron chi connectivity index (χ3n) is 3.65. The van der Waals surface area contributed by atoms with Crippen LogP contribution >= 0.6 is 0 Å². The Morgan fingerprint density at radius 2 is 2.15 bits per heavy atom. The van der Waals surface area contributed by atoms with Crippen LogP contribution < -0.4 is 0 Å². The maximum Gasteiger partial charge on any atom is 0.336 e. The van der Waals surface area contributed by atoms with Gasteiger partial charge in [0.05, 0.1) is 13.7 Å². The lowest BCUT2D eigenvalue weighted by Crippen LogP contribution is -2.46. The fraction of sp³-hybridized carbons (Fsp3) is 0.562. The molecule has 0 spiro atoms. The predicted molar refractivity (Wildman–Crippen MR) is 77.6 cm³/mol. The van der Waals surface area contributed by atoms with Gasteiger partial charge in [-0.15, -0.1) is 0 Å². The Kier molecular flexibility index (Phi) is 6.02. The van der Waals surface area contributed by atoms with Crippen molar-refractivity contribution >= 4 is 5.97 Å². The van der Waals surface area contributed by atoms with Gasteiger partial charge in [-0.05, 0) is 31.4 Å². The minimum atomic E-state index is -0.414. The second-order valence-corrected chi connectivity index (χ2v) is 5.13. The average Bonchev–Trinajstić information content (AvgIpc) is 2.52. The molecule has 1 unspecified atom stereocenters. The number of morpholine rings is 1. The summed E-state index contributed by atoms with van der Waals surface area (Å²) >= 11 is 0. The van der Waals surface area contributed by atoms with E-state index in [1.165, 1.54) is 19.1 Å². The lowest BCUT2D eigenvalue weighted by atomic mass is 10.1. The molecule has 2 rings (SSSR count). The minimum Gasteiger partial charge on any atom is -0.467 e. The van der Waals surface area contributed by atoms with Crippen LogP contribution in [0.15, 0.2) is 30.3 Å². The van der Waals surface area contributed by atoms with E-state index in [0.29, 0.717) is 13.2 Å². The molecule has 20 heavy (non-hydrogen) atoms. The number of ether oxygens (including phenoxy) is 2. The van der Waals surface area contributed by atoms with E-state index in [1.807, 2.05) is 6.07 Å². The molecule has 1 fully saturated rings. The van der Waals surface area contributed by atoms with Crippen molar-refractivity contribution in [3.63, 3.8) is 0 Å². The van der Waals surface area contributed by atoms with Gasteiger partial charge in [-0.25, -0.2) is 4.79 Å². The zero-order valence-electron chi connectivity index (χ0n) is 12.1. The molecule has 1 aliphatic rings. The highest BCUT2D eigenvalue weighted by atomic mass is 16.6. The van der Waals surface area contributed by atoms with Gasteiger partial charge in [0.15, 0.2) is 6.10 Å². The molecule has 1 aromatic carbocycles. The minimum absolute atomic E-state index is 0.265. The molecule has 0 aliphatic carbocycles. The highest BCUT2D eigenvalue weighted by Crippen LogP contribution is 2.09. The molecule has 1 aliphatic heterocycles. The van der Waals surface area contributed by atoms with E-state index in [9.17, 15) is 4.79 Å². The number of esters is 1. The molecule has 110 valence electrons. The molecule has 1 saturated heterocycles. The van der Waals surface area contributed by atoms with E-state index in [0.717, 1.165) is 25.9 Å². The fourth-order valence-corrected chi connectivity index (χ4v) is 2.49. The van der Waals surface area contributed by atoms with Crippen LogP contribution in [0, 0.1) is 0 Å².